The number of benzene rings is 3. The smallest absolute Gasteiger partial charge is 0.246 e. The zero-order valence-electron chi connectivity index (χ0n) is 29.8. The molecule has 0 unspecified atom stereocenters. The lowest BCUT2D eigenvalue weighted by Crippen LogP contribution is -2.47. The molecular formula is C42H44Cl2N4O4. The average molecular weight is 740 g/mol. The van der Waals surface area contributed by atoms with E-state index in [1.54, 1.807) is 30.5 Å². The first-order valence-corrected chi connectivity index (χ1v) is 17.6. The maximum Gasteiger partial charge on any atom is 0.246 e. The van der Waals surface area contributed by atoms with Crippen molar-refractivity contribution in [3.63, 3.8) is 0 Å². The van der Waals surface area contributed by atoms with Gasteiger partial charge in [0.15, 0.2) is 5.75 Å². The molecule has 6 rings (SSSR count). The van der Waals surface area contributed by atoms with Crippen molar-refractivity contribution >= 4 is 36.0 Å². The van der Waals surface area contributed by atoms with Crippen molar-refractivity contribution in [2.24, 2.45) is 0 Å². The summed E-state index contributed by atoms with van der Waals surface area (Å²) in [5, 5.41) is 0.443. The van der Waals surface area contributed by atoms with E-state index in [-0.39, 0.29) is 18.3 Å². The summed E-state index contributed by atoms with van der Waals surface area (Å²) in [5.41, 5.74) is 7.57. The van der Waals surface area contributed by atoms with E-state index in [4.69, 9.17) is 25.8 Å². The van der Waals surface area contributed by atoms with Crippen molar-refractivity contribution in [1.29, 1.82) is 0 Å². The molecule has 0 saturated carbocycles. The van der Waals surface area contributed by atoms with Crippen LogP contribution in [0.4, 0.5) is 0 Å². The molecule has 0 atom stereocenters. The van der Waals surface area contributed by atoms with Crippen molar-refractivity contribution in [3.05, 3.63) is 147 Å². The number of hydrogen-bond donors (Lipinski definition) is 0. The van der Waals surface area contributed by atoms with Crippen LogP contribution in [0, 0.1) is 20.8 Å². The summed E-state index contributed by atoms with van der Waals surface area (Å²) < 4.78 is 17.7. The third-order valence-corrected chi connectivity index (χ3v) is 9.03. The first-order chi connectivity index (χ1) is 24.8. The van der Waals surface area contributed by atoms with Gasteiger partial charge in [-0.15, -0.1) is 12.4 Å². The normalized spacial score (nSPS) is 13.1. The van der Waals surface area contributed by atoms with Crippen LogP contribution in [-0.2, 0) is 24.4 Å². The molecule has 1 aliphatic rings. The Labute approximate surface area is 317 Å². The largest absolute Gasteiger partial charge is 0.487 e. The van der Waals surface area contributed by atoms with Crippen LogP contribution in [0.15, 0.2) is 103 Å². The molecule has 1 aliphatic heterocycles. The first kappa shape index (κ1) is 38.3. The van der Waals surface area contributed by atoms with Gasteiger partial charge in [0.25, 0.3) is 0 Å². The fourth-order valence-electron chi connectivity index (χ4n) is 5.73. The minimum atomic E-state index is -0.00921. The Balaban J connectivity index is 0.00000523. The third kappa shape index (κ3) is 11.1. The highest BCUT2D eigenvalue weighted by molar-refractivity contribution is 6.32. The van der Waals surface area contributed by atoms with Crippen molar-refractivity contribution in [2.75, 3.05) is 32.8 Å². The number of aromatic nitrogens is 2. The quantitative estimate of drug-likeness (QED) is 0.112. The summed E-state index contributed by atoms with van der Waals surface area (Å²) in [4.78, 5) is 26.0. The summed E-state index contributed by atoms with van der Waals surface area (Å²) in [5.74, 6) is 2.23. The Kier molecular flexibility index (Phi) is 13.7. The van der Waals surface area contributed by atoms with E-state index in [2.05, 4.69) is 58.2 Å². The Morgan fingerprint density at radius 2 is 1.44 bits per heavy atom. The van der Waals surface area contributed by atoms with E-state index >= 15 is 0 Å². The van der Waals surface area contributed by atoms with E-state index in [0.717, 1.165) is 48.3 Å². The molecular weight excluding hydrogens is 695 g/mol. The van der Waals surface area contributed by atoms with Crippen molar-refractivity contribution in [1.82, 2.24) is 19.8 Å². The van der Waals surface area contributed by atoms with Gasteiger partial charge in [-0.1, -0.05) is 71.8 Å². The van der Waals surface area contributed by atoms with Crippen LogP contribution in [0.25, 0.3) is 6.08 Å². The number of halogens is 2. The maximum absolute atomic E-state index is 13.0. The monoisotopic (exact) mass is 738 g/mol. The predicted octanol–water partition coefficient (Wildman–Crippen LogP) is 8.83. The van der Waals surface area contributed by atoms with Gasteiger partial charge in [0, 0.05) is 63.6 Å². The molecule has 8 nitrogen and oxygen atoms in total. The molecule has 52 heavy (non-hydrogen) atoms. The number of piperazine rings is 1. The highest BCUT2D eigenvalue weighted by Crippen LogP contribution is 2.34. The van der Waals surface area contributed by atoms with Crippen molar-refractivity contribution in [3.8, 4) is 23.3 Å². The van der Waals surface area contributed by atoms with Crippen molar-refractivity contribution < 1.29 is 19.0 Å². The summed E-state index contributed by atoms with van der Waals surface area (Å²) in [6, 6.07) is 28.1. The molecule has 1 amide bonds. The van der Waals surface area contributed by atoms with Gasteiger partial charge in [0.1, 0.15) is 12.4 Å². The summed E-state index contributed by atoms with van der Waals surface area (Å²) in [7, 11) is 0. The molecule has 0 aliphatic carbocycles. The van der Waals surface area contributed by atoms with E-state index in [0.29, 0.717) is 54.6 Å². The van der Waals surface area contributed by atoms with Crippen LogP contribution in [-0.4, -0.2) is 58.5 Å². The maximum atomic E-state index is 13.0. The number of ether oxygens (including phenoxy) is 3. The molecule has 10 heteroatoms. The average Bonchev–Trinajstić information content (AvgIpc) is 3.14. The predicted molar refractivity (Wildman–Crippen MR) is 209 cm³/mol. The second kappa shape index (κ2) is 18.6. The minimum Gasteiger partial charge on any atom is -0.487 e. The van der Waals surface area contributed by atoms with Gasteiger partial charge in [-0.2, -0.15) is 0 Å². The zero-order chi connectivity index (χ0) is 35.6. The molecule has 2 aromatic heterocycles. The van der Waals surface area contributed by atoms with Crippen LogP contribution >= 0.6 is 24.0 Å². The number of aryl methyl sites for hydroxylation is 3. The molecule has 270 valence electrons. The second-order valence-electron chi connectivity index (χ2n) is 12.9. The van der Waals surface area contributed by atoms with E-state index in [1.807, 2.05) is 61.3 Å². The molecule has 0 bridgehead atoms. The molecule has 3 aromatic carbocycles. The highest BCUT2D eigenvalue weighted by atomic mass is 35.5. The number of amides is 1. The molecule has 0 N–H and O–H groups in total. The standard InChI is InChI=1S/C42H43ClN4O4.ClH/c1-30-4-7-35(8-5-30)29-50-37-14-16-40(45-27-37)51-42-32(3)24-36(25-38(42)43)13-17-41(48)47-21-19-46(20-22-47)28-34-11-9-33(10-12-34)18-23-49-39-15-6-31(2)26-44-39;/h4-17,24-27H,18-23,28-29H2,1-3H3;1H/b17-13+;. The van der Waals surface area contributed by atoms with E-state index in [1.165, 1.54) is 16.7 Å². The minimum absolute atomic E-state index is 0. The van der Waals surface area contributed by atoms with Crippen LogP contribution in [0.2, 0.25) is 5.02 Å². The van der Waals surface area contributed by atoms with E-state index in [9.17, 15) is 4.79 Å². The fraction of sp³-hybridized carbons (Fsp3) is 0.262. The molecule has 1 saturated heterocycles. The van der Waals surface area contributed by atoms with Gasteiger partial charge in [0.05, 0.1) is 17.8 Å². The molecule has 0 radical (unpaired) electrons. The lowest BCUT2D eigenvalue weighted by Gasteiger charge is -2.34. The number of carbonyl (C=O) groups is 1. The van der Waals surface area contributed by atoms with E-state index < -0.39 is 0 Å². The third-order valence-electron chi connectivity index (χ3n) is 8.75. The highest BCUT2D eigenvalue weighted by Gasteiger charge is 2.20. The number of carbonyl (C=O) groups excluding carboxylic acids is 1. The fourth-order valence-corrected chi connectivity index (χ4v) is 6.05. The summed E-state index contributed by atoms with van der Waals surface area (Å²) in [6.07, 6.45) is 7.70. The number of pyridine rings is 2. The Morgan fingerprint density at radius 3 is 2.12 bits per heavy atom. The lowest BCUT2D eigenvalue weighted by molar-refractivity contribution is -0.127. The van der Waals surface area contributed by atoms with Crippen LogP contribution in [0.1, 0.15) is 38.9 Å². The van der Waals surface area contributed by atoms with Crippen LogP contribution in [0.5, 0.6) is 23.3 Å². The van der Waals surface area contributed by atoms with Gasteiger partial charge in [-0.25, -0.2) is 9.97 Å². The lowest BCUT2D eigenvalue weighted by atomic mass is 10.1. The number of hydrogen-bond acceptors (Lipinski definition) is 7. The van der Waals surface area contributed by atoms with Gasteiger partial charge < -0.3 is 19.1 Å². The van der Waals surface area contributed by atoms with Crippen LogP contribution in [0.3, 0.4) is 0 Å². The Hall–Kier alpha value is -4.89. The molecule has 0 spiro atoms. The number of nitrogens with zero attached hydrogens (tertiary/aromatic N) is 4. The summed E-state index contributed by atoms with van der Waals surface area (Å²) in [6.45, 7) is 10.9. The number of rotatable bonds is 13. The molecule has 5 aromatic rings. The Bertz CT molecular complexity index is 1900. The van der Waals surface area contributed by atoms with Crippen molar-refractivity contribution in [2.45, 2.75) is 40.3 Å². The first-order valence-electron chi connectivity index (χ1n) is 17.2. The molecule has 3 heterocycles. The van der Waals surface area contributed by atoms with Gasteiger partial charge in [-0.05, 0) is 78.4 Å². The van der Waals surface area contributed by atoms with Gasteiger partial charge in [-0.3, -0.25) is 9.69 Å². The SMILES string of the molecule is Cc1ccc(COc2ccc(Oc3c(C)cc(/C=C/C(=O)N4CCN(Cc5ccc(CCOc6ccc(C)cn6)cc5)CC4)cc3Cl)nc2)cc1.Cl. The molecule has 1 fully saturated rings. The van der Waals surface area contributed by atoms with Crippen LogP contribution < -0.4 is 14.2 Å². The summed E-state index contributed by atoms with van der Waals surface area (Å²) >= 11 is 6.63. The topological polar surface area (TPSA) is 77.0 Å². The Morgan fingerprint density at radius 1 is 0.769 bits per heavy atom. The zero-order valence-corrected chi connectivity index (χ0v) is 31.3. The van der Waals surface area contributed by atoms with Gasteiger partial charge in [0.2, 0.25) is 17.7 Å². The van der Waals surface area contributed by atoms with Gasteiger partial charge >= 0.3 is 0 Å². The second-order valence-corrected chi connectivity index (χ2v) is 13.3.